The second-order valence-corrected chi connectivity index (χ2v) is 6.35. The number of nitrogens with zero attached hydrogens (tertiary/aromatic N) is 3. The molecule has 7 nitrogen and oxygen atoms in total. The summed E-state index contributed by atoms with van der Waals surface area (Å²) in [6, 6.07) is 0.418. The maximum atomic E-state index is 12.2. The monoisotopic (exact) mass is 334 g/mol. The van der Waals surface area contributed by atoms with Crippen molar-refractivity contribution in [2.24, 2.45) is 0 Å². The van der Waals surface area contributed by atoms with Crippen molar-refractivity contribution in [3.8, 4) is 6.01 Å². The molecule has 0 bridgehead atoms. The van der Waals surface area contributed by atoms with E-state index in [-0.39, 0.29) is 18.2 Å². The fraction of sp³-hybridized carbons (Fsp3) is 0.706. The largest absolute Gasteiger partial charge is 0.460 e. The fourth-order valence-electron chi connectivity index (χ4n) is 3.03. The van der Waals surface area contributed by atoms with Gasteiger partial charge in [-0.1, -0.05) is 6.92 Å². The number of aromatic nitrogens is 2. The van der Waals surface area contributed by atoms with Crippen LogP contribution in [0.25, 0.3) is 0 Å². The number of aryl methyl sites for hydroxylation is 1. The van der Waals surface area contributed by atoms with E-state index < -0.39 is 0 Å². The lowest BCUT2D eigenvalue weighted by Gasteiger charge is -2.31. The van der Waals surface area contributed by atoms with Crippen LogP contribution in [0.3, 0.4) is 0 Å². The highest BCUT2D eigenvalue weighted by atomic mass is 16.5. The van der Waals surface area contributed by atoms with E-state index in [1.165, 1.54) is 0 Å². The molecule has 0 aliphatic carbocycles. The molecular weight excluding hydrogens is 308 g/mol. The molecule has 7 heteroatoms. The molecule has 1 unspecified atom stereocenters. The van der Waals surface area contributed by atoms with Gasteiger partial charge in [0.1, 0.15) is 6.10 Å². The Kier molecular flexibility index (Phi) is 5.85. The van der Waals surface area contributed by atoms with Crippen molar-refractivity contribution < 1.29 is 14.3 Å². The first-order valence-corrected chi connectivity index (χ1v) is 8.86. The van der Waals surface area contributed by atoms with Crippen LogP contribution in [0.1, 0.15) is 38.2 Å². The number of carbonyl (C=O) groups is 1. The Balaban J connectivity index is 1.38. The number of hydrogen-bond acceptors (Lipinski definition) is 5. The molecule has 1 N–H and O–H groups in total. The number of amides is 2. The van der Waals surface area contributed by atoms with Crippen LogP contribution in [0, 0.1) is 0 Å². The molecule has 3 rings (SSSR count). The van der Waals surface area contributed by atoms with Gasteiger partial charge in [-0.15, -0.1) is 0 Å². The van der Waals surface area contributed by atoms with Gasteiger partial charge in [-0.25, -0.2) is 14.8 Å². The van der Waals surface area contributed by atoms with Crippen molar-refractivity contribution in [2.45, 2.75) is 51.2 Å². The zero-order chi connectivity index (χ0) is 16.8. The number of nitrogens with one attached hydrogen (secondary N) is 1. The van der Waals surface area contributed by atoms with E-state index in [4.69, 9.17) is 9.47 Å². The van der Waals surface area contributed by atoms with Crippen LogP contribution >= 0.6 is 0 Å². The number of urea groups is 1. The number of hydrogen-bond donors (Lipinski definition) is 1. The van der Waals surface area contributed by atoms with Crippen LogP contribution in [-0.4, -0.2) is 59.3 Å². The van der Waals surface area contributed by atoms with Gasteiger partial charge in [-0.3, -0.25) is 0 Å². The molecule has 2 fully saturated rings. The first-order chi connectivity index (χ1) is 11.7. The van der Waals surface area contributed by atoms with Crippen LogP contribution < -0.4 is 10.1 Å². The lowest BCUT2D eigenvalue weighted by molar-refractivity contribution is 0.0941. The van der Waals surface area contributed by atoms with Crippen molar-refractivity contribution in [3.05, 3.63) is 18.0 Å². The van der Waals surface area contributed by atoms with E-state index >= 15 is 0 Å². The quantitative estimate of drug-likeness (QED) is 0.888. The summed E-state index contributed by atoms with van der Waals surface area (Å²) in [5.74, 6) is 0. The number of piperidine rings is 1. The molecule has 1 aromatic rings. The van der Waals surface area contributed by atoms with Crippen LogP contribution in [0.5, 0.6) is 6.01 Å². The second-order valence-electron chi connectivity index (χ2n) is 6.35. The third-order valence-corrected chi connectivity index (χ3v) is 4.60. The number of ether oxygens (including phenoxy) is 2. The summed E-state index contributed by atoms with van der Waals surface area (Å²) in [6.45, 7) is 4.86. The van der Waals surface area contributed by atoms with Crippen LogP contribution in [0.2, 0.25) is 0 Å². The van der Waals surface area contributed by atoms with Crippen LogP contribution in [-0.2, 0) is 11.2 Å². The second kappa shape index (κ2) is 8.28. The molecule has 2 saturated heterocycles. The summed E-state index contributed by atoms with van der Waals surface area (Å²) >= 11 is 0. The first kappa shape index (κ1) is 17.0. The van der Waals surface area contributed by atoms with Gasteiger partial charge in [0, 0.05) is 51.5 Å². The lowest BCUT2D eigenvalue weighted by atomic mass is 10.1. The Labute approximate surface area is 142 Å². The predicted molar refractivity (Wildman–Crippen MR) is 89.0 cm³/mol. The van der Waals surface area contributed by atoms with E-state index in [2.05, 4.69) is 22.2 Å². The summed E-state index contributed by atoms with van der Waals surface area (Å²) in [6.07, 6.45) is 8.49. The molecule has 0 spiro atoms. The number of rotatable bonds is 5. The Morgan fingerprint density at radius 3 is 2.71 bits per heavy atom. The van der Waals surface area contributed by atoms with E-state index in [1.54, 1.807) is 12.4 Å². The molecule has 24 heavy (non-hydrogen) atoms. The maximum Gasteiger partial charge on any atom is 0.317 e. The summed E-state index contributed by atoms with van der Waals surface area (Å²) < 4.78 is 11.3. The summed E-state index contributed by atoms with van der Waals surface area (Å²) in [5.41, 5.74) is 1.10. The van der Waals surface area contributed by atoms with Gasteiger partial charge in [0.25, 0.3) is 0 Å². The zero-order valence-corrected chi connectivity index (χ0v) is 14.2. The van der Waals surface area contributed by atoms with Gasteiger partial charge in [-0.05, 0) is 24.8 Å². The SMILES string of the molecule is CCc1cnc(OC2CCN(C(=O)NCC3CCCO3)CC2)nc1. The molecular formula is C17H26N4O3. The van der Waals surface area contributed by atoms with E-state index in [0.717, 1.165) is 44.3 Å². The van der Waals surface area contributed by atoms with Gasteiger partial charge < -0.3 is 19.7 Å². The van der Waals surface area contributed by atoms with E-state index in [9.17, 15) is 4.79 Å². The lowest BCUT2D eigenvalue weighted by Crippen LogP contribution is -2.48. The van der Waals surface area contributed by atoms with Crippen molar-refractivity contribution in [1.82, 2.24) is 20.2 Å². The predicted octanol–water partition coefficient (Wildman–Crippen LogP) is 1.77. The summed E-state index contributed by atoms with van der Waals surface area (Å²) in [5, 5.41) is 2.97. The topological polar surface area (TPSA) is 76.6 Å². The molecule has 0 radical (unpaired) electrons. The minimum Gasteiger partial charge on any atom is -0.460 e. The molecule has 2 amide bonds. The highest BCUT2D eigenvalue weighted by Gasteiger charge is 2.25. The van der Waals surface area contributed by atoms with Crippen molar-refractivity contribution >= 4 is 6.03 Å². The Morgan fingerprint density at radius 2 is 2.08 bits per heavy atom. The van der Waals surface area contributed by atoms with Crippen molar-refractivity contribution in [1.29, 1.82) is 0 Å². The maximum absolute atomic E-state index is 12.2. The molecule has 1 atom stereocenters. The minimum absolute atomic E-state index is 0.00695. The zero-order valence-electron chi connectivity index (χ0n) is 14.2. The molecule has 0 saturated carbocycles. The number of likely N-dealkylation sites (tertiary alicyclic amines) is 1. The third kappa shape index (κ3) is 4.56. The summed E-state index contributed by atoms with van der Waals surface area (Å²) in [4.78, 5) is 22.5. The average molecular weight is 334 g/mol. The van der Waals surface area contributed by atoms with Crippen molar-refractivity contribution in [3.63, 3.8) is 0 Å². The molecule has 2 aliphatic rings. The third-order valence-electron chi connectivity index (χ3n) is 4.60. The van der Waals surface area contributed by atoms with Crippen LogP contribution in [0.4, 0.5) is 4.79 Å². The fourth-order valence-corrected chi connectivity index (χ4v) is 3.03. The normalized spacial score (nSPS) is 21.7. The van der Waals surface area contributed by atoms with Gasteiger partial charge in [-0.2, -0.15) is 0 Å². The highest BCUT2D eigenvalue weighted by molar-refractivity contribution is 5.74. The van der Waals surface area contributed by atoms with Gasteiger partial charge in [0.15, 0.2) is 0 Å². The van der Waals surface area contributed by atoms with Crippen molar-refractivity contribution in [2.75, 3.05) is 26.2 Å². The molecule has 2 aliphatic heterocycles. The van der Waals surface area contributed by atoms with Crippen LogP contribution in [0.15, 0.2) is 12.4 Å². The standard InChI is InChI=1S/C17H26N4O3/c1-2-13-10-18-16(19-11-13)24-14-5-7-21(8-6-14)17(22)20-12-15-4-3-9-23-15/h10-11,14-15H,2-9,12H2,1H3,(H,20,22). The van der Waals surface area contributed by atoms with Gasteiger partial charge in [0.05, 0.1) is 6.10 Å². The summed E-state index contributed by atoms with van der Waals surface area (Å²) in [7, 11) is 0. The van der Waals surface area contributed by atoms with Gasteiger partial charge in [0.2, 0.25) is 0 Å². The number of carbonyl (C=O) groups excluding carboxylic acids is 1. The minimum atomic E-state index is -0.00695. The smallest absolute Gasteiger partial charge is 0.317 e. The van der Waals surface area contributed by atoms with E-state index in [1.807, 2.05) is 4.90 Å². The van der Waals surface area contributed by atoms with Gasteiger partial charge >= 0.3 is 12.0 Å². The average Bonchev–Trinajstić information content (AvgIpc) is 3.14. The Hall–Kier alpha value is -1.89. The first-order valence-electron chi connectivity index (χ1n) is 8.86. The Morgan fingerprint density at radius 1 is 1.33 bits per heavy atom. The molecule has 0 aromatic carbocycles. The van der Waals surface area contributed by atoms with E-state index in [0.29, 0.717) is 25.6 Å². The highest BCUT2D eigenvalue weighted by Crippen LogP contribution is 2.16. The molecule has 1 aromatic heterocycles. The Bertz CT molecular complexity index is 523. The molecule has 3 heterocycles. The molecule has 132 valence electrons.